The van der Waals surface area contributed by atoms with Gasteiger partial charge >= 0.3 is 0 Å². The lowest BCUT2D eigenvalue weighted by Crippen LogP contribution is -2.52. The van der Waals surface area contributed by atoms with E-state index >= 15 is 0 Å². The molecule has 1 fully saturated rings. The maximum atomic E-state index is 13.5. The monoisotopic (exact) mass is 567 g/mol. The third-order valence-corrected chi connectivity index (χ3v) is 7.85. The fourth-order valence-electron chi connectivity index (χ4n) is 4.92. The molecule has 0 aliphatic carbocycles. The second-order valence-corrected chi connectivity index (χ2v) is 12.6. The molecule has 9 heteroatoms. The molecule has 7 nitrogen and oxygen atoms in total. The van der Waals surface area contributed by atoms with Crippen LogP contribution in [0.5, 0.6) is 0 Å². The minimum absolute atomic E-state index is 0.0661. The van der Waals surface area contributed by atoms with Crippen LogP contribution in [0, 0.1) is 5.92 Å². The van der Waals surface area contributed by atoms with Crippen molar-refractivity contribution in [1.82, 2.24) is 10.2 Å². The minimum Gasteiger partial charge on any atom is -0.341 e. The van der Waals surface area contributed by atoms with Gasteiger partial charge in [-0.1, -0.05) is 61.8 Å². The number of hydrogen-bond donors (Lipinski definition) is 2. The number of amides is 2. The molecule has 0 unspecified atom stereocenters. The summed E-state index contributed by atoms with van der Waals surface area (Å²) < 4.78 is 25.7. The molecule has 0 spiro atoms. The Morgan fingerprint density at radius 2 is 1.54 bits per heavy atom. The van der Waals surface area contributed by atoms with E-state index in [4.69, 9.17) is 11.6 Å². The highest BCUT2D eigenvalue weighted by molar-refractivity contribution is 7.92. The van der Waals surface area contributed by atoms with E-state index in [0.717, 1.165) is 30.2 Å². The van der Waals surface area contributed by atoms with Crippen molar-refractivity contribution in [3.63, 3.8) is 0 Å². The standard InChI is InChI=1S/C30H34ClN3O4S/c1-20(2)28(30(36)34-16-14-22(15-17-34)21-10-12-26(31)13-11-21)32-29(35)25-8-4-6-23(18-25)24-7-5-9-27(19-24)33-39(3,37)38/h4-13,18-20,22,28,33H,14-17H2,1-3H3,(H,32,35)/t28-/m1/s1. The molecule has 0 bridgehead atoms. The predicted molar refractivity (Wildman–Crippen MR) is 156 cm³/mol. The number of carbonyl (C=O) groups is 2. The molecule has 0 saturated carbocycles. The molecular formula is C30H34ClN3O4S. The maximum Gasteiger partial charge on any atom is 0.251 e. The van der Waals surface area contributed by atoms with Crippen molar-refractivity contribution in [2.45, 2.75) is 38.6 Å². The van der Waals surface area contributed by atoms with Crippen LogP contribution in [0.4, 0.5) is 5.69 Å². The van der Waals surface area contributed by atoms with Gasteiger partial charge in [-0.05, 0) is 77.8 Å². The fraction of sp³-hybridized carbons (Fsp3) is 0.333. The average Bonchev–Trinajstić information content (AvgIpc) is 2.91. The van der Waals surface area contributed by atoms with E-state index in [1.54, 1.807) is 36.4 Å². The Morgan fingerprint density at radius 3 is 2.15 bits per heavy atom. The fourth-order valence-corrected chi connectivity index (χ4v) is 5.60. The van der Waals surface area contributed by atoms with E-state index in [2.05, 4.69) is 10.0 Å². The molecule has 0 radical (unpaired) electrons. The molecule has 3 aromatic rings. The number of hydrogen-bond acceptors (Lipinski definition) is 4. The molecule has 39 heavy (non-hydrogen) atoms. The van der Waals surface area contributed by atoms with Gasteiger partial charge in [0.15, 0.2) is 0 Å². The van der Waals surface area contributed by atoms with Gasteiger partial charge in [-0.25, -0.2) is 8.42 Å². The van der Waals surface area contributed by atoms with Crippen LogP contribution in [-0.2, 0) is 14.8 Å². The van der Waals surface area contributed by atoms with Crippen LogP contribution in [0.15, 0.2) is 72.8 Å². The third-order valence-electron chi connectivity index (χ3n) is 6.99. The normalized spacial score (nSPS) is 15.2. The Bertz CT molecular complexity index is 1430. The molecule has 1 heterocycles. The zero-order valence-electron chi connectivity index (χ0n) is 22.4. The number of sulfonamides is 1. The van der Waals surface area contributed by atoms with Crippen molar-refractivity contribution >= 4 is 39.1 Å². The number of carbonyl (C=O) groups excluding carboxylic acids is 2. The molecule has 2 N–H and O–H groups in total. The Hall–Kier alpha value is -3.36. The van der Waals surface area contributed by atoms with Gasteiger partial charge in [0.05, 0.1) is 6.26 Å². The molecule has 206 valence electrons. The minimum atomic E-state index is -3.41. The molecule has 1 aliphatic heterocycles. The number of anilines is 1. The summed E-state index contributed by atoms with van der Waals surface area (Å²) in [5, 5.41) is 3.68. The van der Waals surface area contributed by atoms with Crippen LogP contribution < -0.4 is 10.0 Å². The van der Waals surface area contributed by atoms with Gasteiger partial charge in [-0.3, -0.25) is 14.3 Å². The molecule has 4 rings (SSSR count). The van der Waals surface area contributed by atoms with Crippen LogP contribution in [-0.4, -0.2) is 50.5 Å². The predicted octanol–water partition coefficient (Wildman–Crippen LogP) is 5.54. The molecule has 1 aliphatic rings. The van der Waals surface area contributed by atoms with E-state index in [1.807, 2.05) is 55.1 Å². The van der Waals surface area contributed by atoms with E-state index in [-0.39, 0.29) is 17.7 Å². The van der Waals surface area contributed by atoms with Gasteiger partial charge in [0.25, 0.3) is 5.91 Å². The number of benzene rings is 3. The highest BCUT2D eigenvalue weighted by Crippen LogP contribution is 2.29. The number of piperidine rings is 1. The summed E-state index contributed by atoms with van der Waals surface area (Å²) in [4.78, 5) is 28.6. The first-order valence-corrected chi connectivity index (χ1v) is 15.3. The summed E-state index contributed by atoms with van der Waals surface area (Å²) in [6.45, 7) is 5.14. The van der Waals surface area contributed by atoms with E-state index in [1.165, 1.54) is 5.56 Å². The quantitative estimate of drug-likeness (QED) is 0.373. The number of halogens is 1. The van der Waals surface area contributed by atoms with Crippen LogP contribution >= 0.6 is 11.6 Å². The van der Waals surface area contributed by atoms with Crippen molar-refractivity contribution in [1.29, 1.82) is 0 Å². The maximum absolute atomic E-state index is 13.5. The summed E-state index contributed by atoms with van der Waals surface area (Å²) in [7, 11) is -3.41. The summed E-state index contributed by atoms with van der Waals surface area (Å²) in [5.74, 6) is -0.0985. The highest BCUT2D eigenvalue weighted by Gasteiger charge is 2.31. The summed E-state index contributed by atoms with van der Waals surface area (Å²) in [6, 6.07) is 21.3. The Balaban J connectivity index is 1.43. The van der Waals surface area contributed by atoms with Crippen LogP contribution in [0.3, 0.4) is 0 Å². The zero-order valence-corrected chi connectivity index (χ0v) is 23.9. The number of nitrogens with zero attached hydrogens (tertiary/aromatic N) is 1. The van der Waals surface area contributed by atoms with Crippen molar-refractivity contribution in [2.75, 3.05) is 24.1 Å². The first-order valence-electron chi connectivity index (χ1n) is 13.0. The molecule has 1 atom stereocenters. The molecule has 2 amide bonds. The van der Waals surface area contributed by atoms with Gasteiger partial charge in [0, 0.05) is 29.4 Å². The number of rotatable bonds is 8. The third kappa shape index (κ3) is 7.61. The van der Waals surface area contributed by atoms with E-state index < -0.39 is 16.1 Å². The smallest absolute Gasteiger partial charge is 0.251 e. The van der Waals surface area contributed by atoms with E-state index in [0.29, 0.717) is 35.3 Å². The average molecular weight is 568 g/mol. The van der Waals surface area contributed by atoms with Crippen molar-refractivity contribution in [3.05, 3.63) is 88.9 Å². The molecule has 3 aromatic carbocycles. The SMILES string of the molecule is CC(C)[C@@H](NC(=O)c1cccc(-c2cccc(NS(C)(=O)=O)c2)c1)C(=O)N1CCC(c2ccc(Cl)cc2)CC1. The van der Waals surface area contributed by atoms with Crippen LogP contribution in [0.1, 0.15) is 48.5 Å². The van der Waals surface area contributed by atoms with Crippen LogP contribution in [0.2, 0.25) is 5.02 Å². The first kappa shape index (κ1) is 28.6. The van der Waals surface area contributed by atoms with Crippen molar-refractivity contribution in [2.24, 2.45) is 5.92 Å². The summed E-state index contributed by atoms with van der Waals surface area (Å²) in [5.41, 5.74) is 3.62. The van der Waals surface area contributed by atoms with Gasteiger partial charge in [-0.15, -0.1) is 0 Å². The zero-order chi connectivity index (χ0) is 28.2. The Labute approximate surface area is 235 Å². The lowest BCUT2D eigenvalue weighted by atomic mass is 9.89. The lowest BCUT2D eigenvalue weighted by Gasteiger charge is -2.35. The van der Waals surface area contributed by atoms with Gasteiger partial charge < -0.3 is 10.2 Å². The number of likely N-dealkylation sites (tertiary alicyclic amines) is 1. The van der Waals surface area contributed by atoms with Gasteiger partial charge in [0.2, 0.25) is 15.9 Å². The summed E-state index contributed by atoms with van der Waals surface area (Å²) in [6.07, 6.45) is 2.82. The van der Waals surface area contributed by atoms with E-state index in [9.17, 15) is 18.0 Å². The van der Waals surface area contributed by atoms with Crippen molar-refractivity contribution < 1.29 is 18.0 Å². The second-order valence-electron chi connectivity index (χ2n) is 10.4. The first-order chi connectivity index (χ1) is 18.5. The Kier molecular flexibility index (Phi) is 8.97. The lowest BCUT2D eigenvalue weighted by molar-refractivity contribution is -0.135. The molecular weight excluding hydrogens is 534 g/mol. The largest absolute Gasteiger partial charge is 0.341 e. The highest BCUT2D eigenvalue weighted by atomic mass is 35.5. The molecule has 0 aromatic heterocycles. The topological polar surface area (TPSA) is 95.6 Å². The van der Waals surface area contributed by atoms with Gasteiger partial charge in [0.1, 0.15) is 6.04 Å². The van der Waals surface area contributed by atoms with Crippen LogP contribution in [0.25, 0.3) is 11.1 Å². The second kappa shape index (κ2) is 12.2. The number of nitrogens with one attached hydrogen (secondary N) is 2. The van der Waals surface area contributed by atoms with Crippen molar-refractivity contribution in [3.8, 4) is 11.1 Å². The van der Waals surface area contributed by atoms with Gasteiger partial charge in [-0.2, -0.15) is 0 Å². The summed E-state index contributed by atoms with van der Waals surface area (Å²) >= 11 is 6.02. The molecule has 1 saturated heterocycles. The Morgan fingerprint density at radius 1 is 0.923 bits per heavy atom.